The molecule has 0 aliphatic carbocycles. The molecular formula is C15H13ClN2O3. The van der Waals surface area contributed by atoms with Crippen LogP contribution in [-0.4, -0.2) is 27.6 Å². The molecule has 0 aliphatic heterocycles. The van der Waals surface area contributed by atoms with E-state index in [0.29, 0.717) is 10.6 Å². The summed E-state index contributed by atoms with van der Waals surface area (Å²) in [5.74, 6) is -1.03. The van der Waals surface area contributed by atoms with Crippen molar-refractivity contribution < 1.29 is 15.0 Å². The first-order valence-corrected chi connectivity index (χ1v) is 6.45. The number of carbonyl (C=O) groups excluding carboxylic acids is 1. The highest BCUT2D eigenvalue weighted by Gasteiger charge is 2.14. The lowest BCUT2D eigenvalue weighted by Gasteiger charge is -2.07. The number of pyridine rings is 1. The molecule has 6 heteroatoms. The fourth-order valence-corrected chi connectivity index (χ4v) is 1.91. The first kappa shape index (κ1) is 14.9. The van der Waals surface area contributed by atoms with Crippen molar-refractivity contribution in [3.63, 3.8) is 0 Å². The van der Waals surface area contributed by atoms with E-state index >= 15 is 0 Å². The minimum atomic E-state index is -0.597. The number of amides is 1. The smallest absolute Gasteiger partial charge is 0.274 e. The molecule has 0 aliphatic rings. The fraction of sp³-hybridized carbons (Fsp3) is 0.0667. The van der Waals surface area contributed by atoms with E-state index in [-0.39, 0.29) is 23.7 Å². The lowest BCUT2D eigenvalue weighted by atomic mass is 10.1. The Kier molecular flexibility index (Phi) is 4.45. The van der Waals surface area contributed by atoms with Crippen LogP contribution in [0.1, 0.15) is 10.5 Å². The standard InChI is InChI=1S/C15H13ClN2O3/c1-9(19)7-18-15(21)14-13(20)6-11(8-17-14)10-3-2-4-12(16)5-10/h2-6,8,19-20H,1,7H2,(H,18,21). The van der Waals surface area contributed by atoms with E-state index in [2.05, 4.69) is 16.9 Å². The quantitative estimate of drug-likeness (QED) is 0.759. The van der Waals surface area contributed by atoms with Gasteiger partial charge in [0.2, 0.25) is 0 Å². The van der Waals surface area contributed by atoms with Crippen LogP contribution in [0.4, 0.5) is 0 Å². The first-order chi connectivity index (χ1) is 9.97. The molecule has 0 fully saturated rings. The summed E-state index contributed by atoms with van der Waals surface area (Å²) in [4.78, 5) is 15.7. The number of aliphatic hydroxyl groups excluding tert-OH is 1. The highest BCUT2D eigenvalue weighted by Crippen LogP contribution is 2.26. The summed E-state index contributed by atoms with van der Waals surface area (Å²) in [5.41, 5.74) is 1.29. The van der Waals surface area contributed by atoms with Gasteiger partial charge in [-0.15, -0.1) is 0 Å². The zero-order chi connectivity index (χ0) is 15.4. The minimum Gasteiger partial charge on any atom is -0.511 e. The molecule has 2 aromatic rings. The van der Waals surface area contributed by atoms with Crippen molar-refractivity contribution in [2.45, 2.75) is 0 Å². The monoisotopic (exact) mass is 304 g/mol. The molecule has 21 heavy (non-hydrogen) atoms. The molecule has 1 aromatic heterocycles. The number of aliphatic hydroxyl groups is 1. The molecule has 0 atom stereocenters. The summed E-state index contributed by atoms with van der Waals surface area (Å²) in [5, 5.41) is 21.8. The second kappa shape index (κ2) is 6.28. The van der Waals surface area contributed by atoms with Gasteiger partial charge in [-0.2, -0.15) is 0 Å². The molecule has 0 saturated heterocycles. The average molecular weight is 305 g/mol. The van der Waals surface area contributed by atoms with Gasteiger partial charge in [0.15, 0.2) is 5.69 Å². The average Bonchev–Trinajstić information content (AvgIpc) is 2.44. The van der Waals surface area contributed by atoms with Crippen molar-refractivity contribution in [3.05, 3.63) is 59.6 Å². The zero-order valence-electron chi connectivity index (χ0n) is 11.0. The van der Waals surface area contributed by atoms with Gasteiger partial charge in [0, 0.05) is 16.8 Å². The van der Waals surface area contributed by atoms with Crippen molar-refractivity contribution in [2.24, 2.45) is 0 Å². The fourth-order valence-electron chi connectivity index (χ4n) is 1.72. The van der Waals surface area contributed by atoms with Gasteiger partial charge in [-0.1, -0.05) is 30.3 Å². The van der Waals surface area contributed by atoms with Crippen LogP contribution >= 0.6 is 11.6 Å². The highest BCUT2D eigenvalue weighted by molar-refractivity contribution is 6.30. The number of hydrogen-bond acceptors (Lipinski definition) is 4. The van der Waals surface area contributed by atoms with Crippen LogP contribution in [-0.2, 0) is 0 Å². The molecule has 0 saturated carbocycles. The molecule has 3 N–H and O–H groups in total. The van der Waals surface area contributed by atoms with Crippen LogP contribution in [0.2, 0.25) is 5.02 Å². The molecule has 108 valence electrons. The Labute approximate surface area is 126 Å². The van der Waals surface area contributed by atoms with Crippen LogP contribution in [0, 0.1) is 0 Å². The number of nitrogens with zero attached hydrogens (tertiary/aromatic N) is 1. The Bertz CT molecular complexity index is 701. The number of carbonyl (C=O) groups is 1. The summed E-state index contributed by atoms with van der Waals surface area (Å²) in [6, 6.07) is 8.50. The predicted molar refractivity (Wildman–Crippen MR) is 80.4 cm³/mol. The van der Waals surface area contributed by atoms with Crippen LogP contribution in [0.5, 0.6) is 5.75 Å². The van der Waals surface area contributed by atoms with Crippen molar-refractivity contribution in [3.8, 4) is 16.9 Å². The van der Waals surface area contributed by atoms with Crippen molar-refractivity contribution >= 4 is 17.5 Å². The number of aromatic nitrogens is 1. The lowest BCUT2D eigenvalue weighted by Crippen LogP contribution is -2.26. The molecule has 0 spiro atoms. The van der Waals surface area contributed by atoms with Crippen molar-refractivity contribution in [1.29, 1.82) is 0 Å². The number of halogens is 1. The molecule has 0 bridgehead atoms. The third-order valence-electron chi connectivity index (χ3n) is 2.69. The summed E-state index contributed by atoms with van der Waals surface area (Å²) in [6.45, 7) is 3.15. The predicted octanol–water partition coefficient (Wildman–Crippen LogP) is 2.91. The molecule has 1 amide bonds. The largest absolute Gasteiger partial charge is 0.511 e. The number of hydrogen-bond donors (Lipinski definition) is 3. The van der Waals surface area contributed by atoms with Gasteiger partial charge in [0.1, 0.15) is 11.5 Å². The summed E-state index contributed by atoms with van der Waals surface area (Å²) in [7, 11) is 0. The highest BCUT2D eigenvalue weighted by atomic mass is 35.5. The number of aromatic hydroxyl groups is 1. The van der Waals surface area contributed by atoms with Crippen molar-refractivity contribution in [1.82, 2.24) is 10.3 Å². The van der Waals surface area contributed by atoms with E-state index < -0.39 is 5.91 Å². The van der Waals surface area contributed by atoms with E-state index in [9.17, 15) is 9.90 Å². The molecular weight excluding hydrogens is 292 g/mol. The van der Waals surface area contributed by atoms with Gasteiger partial charge >= 0.3 is 0 Å². The van der Waals surface area contributed by atoms with Gasteiger partial charge < -0.3 is 15.5 Å². The topological polar surface area (TPSA) is 82.5 Å². The maximum Gasteiger partial charge on any atom is 0.274 e. The summed E-state index contributed by atoms with van der Waals surface area (Å²) < 4.78 is 0. The maximum atomic E-state index is 11.8. The van der Waals surface area contributed by atoms with Gasteiger partial charge in [0.25, 0.3) is 5.91 Å². The van der Waals surface area contributed by atoms with Crippen LogP contribution in [0.3, 0.4) is 0 Å². The van der Waals surface area contributed by atoms with Crippen LogP contribution in [0.15, 0.2) is 48.9 Å². The summed E-state index contributed by atoms with van der Waals surface area (Å²) >= 11 is 5.91. The Morgan fingerprint density at radius 3 is 2.71 bits per heavy atom. The van der Waals surface area contributed by atoms with E-state index in [1.54, 1.807) is 18.2 Å². The molecule has 5 nitrogen and oxygen atoms in total. The molecule has 1 aromatic carbocycles. The third-order valence-corrected chi connectivity index (χ3v) is 2.93. The number of rotatable bonds is 4. The normalized spacial score (nSPS) is 10.1. The molecule has 1 heterocycles. The van der Waals surface area contributed by atoms with Gasteiger partial charge in [-0.3, -0.25) is 4.79 Å². The van der Waals surface area contributed by atoms with Crippen LogP contribution in [0.25, 0.3) is 11.1 Å². The zero-order valence-corrected chi connectivity index (χ0v) is 11.8. The van der Waals surface area contributed by atoms with Crippen LogP contribution < -0.4 is 5.32 Å². The summed E-state index contributed by atoms with van der Waals surface area (Å²) in [6.07, 6.45) is 1.47. The molecule has 2 rings (SSSR count). The number of benzene rings is 1. The van der Waals surface area contributed by atoms with E-state index in [4.69, 9.17) is 16.7 Å². The minimum absolute atomic E-state index is 0.101. The Morgan fingerprint density at radius 2 is 2.10 bits per heavy atom. The second-order valence-electron chi connectivity index (χ2n) is 4.35. The van der Waals surface area contributed by atoms with E-state index in [1.807, 2.05) is 6.07 Å². The molecule has 0 radical (unpaired) electrons. The Morgan fingerprint density at radius 1 is 1.33 bits per heavy atom. The lowest BCUT2D eigenvalue weighted by molar-refractivity contribution is 0.0944. The van der Waals surface area contributed by atoms with E-state index in [0.717, 1.165) is 5.56 Å². The SMILES string of the molecule is C=C(O)CNC(=O)c1ncc(-c2cccc(Cl)c2)cc1O. The molecule has 0 unspecified atom stereocenters. The Hall–Kier alpha value is -2.53. The second-order valence-corrected chi connectivity index (χ2v) is 4.79. The first-order valence-electron chi connectivity index (χ1n) is 6.07. The maximum absolute atomic E-state index is 11.8. The van der Waals surface area contributed by atoms with E-state index in [1.165, 1.54) is 12.3 Å². The van der Waals surface area contributed by atoms with Gasteiger partial charge in [0.05, 0.1) is 6.54 Å². The van der Waals surface area contributed by atoms with Crippen molar-refractivity contribution in [2.75, 3.05) is 6.54 Å². The Balaban J connectivity index is 2.25. The van der Waals surface area contributed by atoms with Gasteiger partial charge in [-0.05, 0) is 23.8 Å². The number of nitrogens with one attached hydrogen (secondary N) is 1. The van der Waals surface area contributed by atoms with Gasteiger partial charge in [-0.25, -0.2) is 4.98 Å². The third kappa shape index (κ3) is 3.73.